The van der Waals surface area contributed by atoms with Crippen molar-refractivity contribution in [2.75, 3.05) is 19.8 Å². The Morgan fingerprint density at radius 2 is 1.96 bits per heavy atom. The molecule has 2 heterocycles. The van der Waals surface area contributed by atoms with Gasteiger partial charge in [0.1, 0.15) is 13.2 Å². The van der Waals surface area contributed by atoms with Crippen LogP contribution in [0.25, 0.3) is 0 Å². The lowest BCUT2D eigenvalue weighted by atomic mass is 10.1. The number of rotatable bonds is 6. The molecule has 1 aliphatic heterocycles. The van der Waals surface area contributed by atoms with Crippen LogP contribution in [0.5, 0.6) is 11.5 Å². The fourth-order valence-corrected chi connectivity index (χ4v) is 3.30. The smallest absolute Gasteiger partial charge is 0.224 e. The molecule has 1 aromatic carbocycles. The first-order chi connectivity index (χ1) is 12.0. The highest BCUT2D eigenvalue weighted by Crippen LogP contribution is 2.35. The Morgan fingerprint density at radius 1 is 1.24 bits per heavy atom. The van der Waals surface area contributed by atoms with Gasteiger partial charge in [-0.15, -0.1) is 0 Å². The van der Waals surface area contributed by atoms with Crippen molar-refractivity contribution in [3.63, 3.8) is 0 Å². The van der Waals surface area contributed by atoms with Crippen molar-refractivity contribution in [2.45, 2.75) is 33.2 Å². The zero-order chi connectivity index (χ0) is 17.8. The molecule has 1 aliphatic rings. The number of carbonyl (C=O) groups is 1. The van der Waals surface area contributed by atoms with Crippen LogP contribution in [0.3, 0.4) is 0 Å². The average Bonchev–Trinajstić information content (AvgIpc) is 2.90. The number of aromatic nitrogens is 2. The normalized spacial score (nSPS) is 12.9. The summed E-state index contributed by atoms with van der Waals surface area (Å²) in [6.07, 6.45) is 1.15. The molecular weight excluding hydrogens is 386 g/mol. The molecule has 6 nitrogen and oxygen atoms in total. The molecule has 7 heteroatoms. The summed E-state index contributed by atoms with van der Waals surface area (Å²) in [7, 11) is 0. The van der Waals surface area contributed by atoms with Crippen LogP contribution in [0, 0.1) is 13.8 Å². The summed E-state index contributed by atoms with van der Waals surface area (Å²) in [5, 5.41) is 7.38. The van der Waals surface area contributed by atoms with Crippen molar-refractivity contribution in [1.29, 1.82) is 0 Å². The molecule has 0 saturated carbocycles. The van der Waals surface area contributed by atoms with Gasteiger partial charge in [-0.05, 0) is 44.0 Å². The van der Waals surface area contributed by atoms with Gasteiger partial charge in [0.25, 0.3) is 0 Å². The second kappa shape index (κ2) is 7.91. The second-order valence-electron chi connectivity index (χ2n) is 6.12. The average molecular weight is 408 g/mol. The van der Waals surface area contributed by atoms with Gasteiger partial charge in [0.2, 0.25) is 5.91 Å². The van der Waals surface area contributed by atoms with Gasteiger partial charge in [0.15, 0.2) is 11.5 Å². The molecule has 1 amide bonds. The summed E-state index contributed by atoms with van der Waals surface area (Å²) >= 11 is 3.50. The molecule has 0 saturated heterocycles. The van der Waals surface area contributed by atoms with Crippen molar-refractivity contribution in [2.24, 2.45) is 0 Å². The molecule has 0 unspecified atom stereocenters. The van der Waals surface area contributed by atoms with Crippen LogP contribution in [0.2, 0.25) is 0 Å². The number of hydrogen-bond donors (Lipinski definition) is 1. The highest BCUT2D eigenvalue weighted by atomic mass is 79.9. The maximum absolute atomic E-state index is 12.2. The van der Waals surface area contributed by atoms with Crippen molar-refractivity contribution < 1.29 is 14.3 Å². The Balaban J connectivity index is 1.48. The molecule has 0 radical (unpaired) electrons. The Morgan fingerprint density at radius 3 is 2.64 bits per heavy atom. The highest BCUT2D eigenvalue weighted by Gasteiger charge is 2.16. The maximum atomic E-state index is 12.2. The van der Waals surface area contributed by atoms with Crippen molar-refractivity contribution in [3.8, 4) is 11.5 Å². The fourth-order valence-electron chi connectivity index (χ4n) is 2.83. The number of fused-ring (bicyclic) bond motifs is 1. The Hall–Kier alpha value is -2.02. The third-order valence-corrected chi connectivity index (χ3v) is 4.77. The first-order valence-corrected chi connectivity index (χ1v) is 9.18. The van der Waals surface area contributed by atoms with Gasteiger partial charge in [-0.25, -0.2) is 0 Å². The van der Waals surface area contributed by atoms with Crippen molar-refractivity contribution in [1.82, 2.24) is 15.1 Å². The van der Waals surface area contributed by atoms with Gasteiger partial charge < -0.3 is 14.8 Å². The van der Waals surface area contributed by atoms with Gasteiger partial charge in [-0.3, -0.25) is 9.48 Å². The van der Waals surface area contributed by atoms with E-state index in [0.29, 0.717) is 37.7 Å². The van der Waals surface area contributed by atoms with E-state index in [2.05, 4.69) is 32.4 Å². The molecule has 0 spiro atoms. The standard InChI is InChI=1S/C18H22BrN3O3/c1-12-8-13(2)22(21-12)5-3-4-20-18(23)10-14-9-16-17(11-15(14)19)25-7-6-24-16/h8-9,11H,3-7,10H2,1-2H3,(H,20,23). The molecule has 0 atom stereocenters. The van der Waals surface area contributed by atoms with Gasteiger partial charge in [0.05, 0.1) is 12.1 Å². The summed E-state index contributed by atoms with van der Waals surface area (Å²) in [6.45, 7) is 6.53. The summed E-state index contributed by atoms with van der Waals surface area (Å²) in [5.74, 6) is 1.40. The van der Waals surface area contributed by atoms with Crippen LogP contribution in [-0.2, 0) is 17.8 Å². The Kier molecular flexibility index (Phi) is 5.63. The lowest BCUT2D eigenvalue weighted by Crippen LogP contribution is -2.27. The van der Waals surface area contributed by atoms with Crippen LogP contribution >= 0.6 is 15.9 Å². The fraction of sp³-hybridized carbons (Fsp3) is 0.444. The minimum atomic E-state index is -0.00857. The number of halogens is 1. The Labute approximate surface area is 155 Å². The molecule has 25 heavy (non-hydrogen) atoms. The number of ether oxygens (including phenoxy) is 2. The van der Waals surface area contributed by atoms with E-state index in [-0.39, 0.29) is 5.91 Å². The number of hydrogen-bond acceptors (Lipinski definition) is 4. The first-order valence-electron chi connectivity index (χ1n) is 8.38. The molecule has 3 rings (SSSR count). The van der Waals surface area contributed by atoms with Crippen LogP contribution < -0.4 is 14.8 Å². The van der Waals surface area contributed by atoms with Gasteiger partial charge in [0, 0.05) is 23.3 Å². The van der Waals surface area contributed by atoms with E-state index in [4.69, 9.17) is 9.47 Å². The van der Waals surface area contributed by atoms with Crippen LogP contribution in [0.1, 0.15) is 23.4 Å². The predicted octanol–water partition coefficient (Wildman–Crippen LogP) is 2.78. The summed E-state index contributed by atoms with van der Waals surface area (Å²) in [6, 6.07) is 5.78. The van der Waals surface area contributed by atoms with Crippen LogP contribution in [0.4, 0.5) is 0 Å². The number of benzene rings is 1. The largest absolute Gasteiger partial charge is 0.486 e. The molecule has 0 aliphatic carbocycles. The van der Waals surface area contributed by atoms with E-state index in [1.165, 1.54) is 0 Å². The van der Waals surface area contributed by atoms with Crippen molar-refractivity contribution >= 4 is 21.8 Å². The quantitative estimate of drug-likeness (QED) is 0.747. The molecule has 1 aromatic heterocycles. The molecular formula is C18H22BrN3O3. The van der Waals surface area contributed by atoms with Gasteiger partial charge in [-0.1, -0.05) is 15.9 Å². The molecule has 2 aromatic rings. The van der Waals surface area contributed by atoms with E-state index < -0.39 is 0 Å². The zero-order valence-electron chi connectivity index (χ0n) is 14.5. The van der Waals surface area contributed by atoms with Crippen molar-refractivity contribution in [3.05, 3.63) is 39.6 Å². The highest BCUT2D eigenvalue weighted by molar-refractivity contribution is 9.10. The summed E-state index contributed by atoms with van der Waals surface area (Å²) < 4.78 is 13.9. The Bertz CT molecular complexity index is 773. The molecule has 1 N–H and O–H groups in total. The third kappa shape index (κ3) is 4.54. The van der Waals surface area contributed by atoms with Gasteiger partial charge in [-0.2, -0.15) is 5.10 Å². The number of amides is 1. The van der Waals surface area contributed by atoms with E-state index in [9.17, 15) is 4.79 Å². The second-order valence-corrected chi connectivity index (χ2v) is 6.97. The SMILES string of the molecule is Cc1cc(C)n(CCCNC(=O)Cc2cc3c(cc2Br)OCCO3)n1. The van der Waals surface area contributed by atoms with E-state index in [1.807, 2.05) is 30.7 Å². The van der Waals surface area contributed by atoms with Crippen LogP contribution in [-0.4, -0.2) is 35.4 Å². The number of aryl methyl sites for hydroxylation is 3. The summed E-state index contributed by atoms with van der Waals surface area (Å²) in [4.78, 5) is 12.2. The van der Waals surface area contributed by atoms with E-state index in [0.717, 1.165) is 34.4 Å². The van der Waals surface area contributed by atoms with E-state index in [1.54, 1.807) is 0 Å². The number of nitrogens with one attached hydrogen (secondary N) is 1. The minimum Gasteiger partial charge on any atom is -0.486 e. The predicted molar refractivity (Wildman–Crippen MR) is 98.2 cm³/mol. The zero-order valence-corrected chi connectivity index (χ0v) is 16.1. The first kappa shape index (κ1) is 17.8. The lowest BCUT2D eigenvalue weighted by molar-refractivity contribution is -0.120. The number of carbonyl (C=O) groups excluding carboxylic acids is 1. The van der Waals surface area contributed by atoms with Gasteiger partial charge >= 0.3 is 0 Å². The molecule has 0 bridgehead atoms. The number of nitrogens with zero attached hydrogens (tertiary/aromatic N) is 2. The molecule has 134 valence electrons. The monoisotopic (exact) mass is 407 g/mol. The third-order valence-electron chi connectivity index (χ3n) is 4.03. The minimum absolute atomic E-state index is 0.00857. The van der Waals surface area contributed by atoms with Crippen LogP contribution in [0.15, 0.2) is 22.7 Å². The summed E-state index contributed by atoms with van der Waals surface area (Å²) in [5.41, 5.74) is 3.05. The maximum Gasteiger partial charge on any atom is 0.224 e. The van der Waals surface area contributed by atoms with E-state index >= 15 is 0 Å². The topological polar surface area (TPSA) is 65.4 Å². The molecule has 0 fully saturated rings. The lowest BCUT2D eigenvalue weighted by Gasteiger charge is -2.19.